The van der Waals surface area contributed by atoms with Crippen molar-refractivity contribution < 1.29 is 14.7 Å². The molecule has 9 heteroatoms. The number of carbonyl (C=O) groups is 2. The lowest BCUT2D eigenvalue weighted by atomic mass is 10.2. The molecule has 1 heterocycles. The second-order valence-electron chi connectivity index (χ2n) is 5.98. The zero-order chi connectivity index (χ0) is 20.1. The Morgan fingerprint density at radius 3 is 2.32 bits per heavy atom. The smallest absolute Gasteiger partial charge is 0.234 e. The maximum absolute atomic E-state index is 12.2. The molecule has 0 bridgehead atoms. The predicted octanol–water partition coefficient (Wildman–Crippen LogP) is 2.88. The number of hydrogen-bond acceptors (Lipinski definition) is 6. The van der Waals surface area contributed by atoms with Gasteiger partial charge in [0.2, 0.25) is 11.8 Å². The summed E-state index contributed by atoms with van der Waals surface area (Å²) in [6, 6.07) is 13.7. The third-order valence-electron chi connectivity index (χ3n) is 3.80. The molecule has 144 valence electrons. The van der Waals surface area contributed by atoms with E-state index in [9.17, 15) is 14.7 Å². The molecule has 0 radical (unpaired) electrons. The highest BCUT2D eigenvalue weighted by Crippen LogP contribution is 2.29. The van der Waals surface area contributed by atoms with Gasteiger partial charge in [0, 0.05) is 25.3 Å². The van der Waals surface area contributed by atoms with Gasteiger partial charge >= 0.3 is 0 Å². The summed E-state index contributed by atoms with van der Waals surface area (Å²) in [5.41, 5.74) is 1.87. The third kappa shape index (κ3) is 4.68. The molecule has 28 heavy (non-hydrogen) atoms. The Morgan fingerprint density at radius 2 is 1.68 bits per heavy atom. The highest BCUT2D eigenvalue weighted by Gasteiger charge is 2.15. The van der Waals surface area contributed by atoms with Crippen LogP contribution in [0.5, 0.6) is 5.75 Å². The first-order valence-electron chi connectivity index (χ1n) is 8.42. The van der Waals surface area contributed by atoms with Crippen LogP contribution in [0.2, 0.25) is 0 Å². The summed E-state index contributed by atoms with van der Waals surface area (Å²) < 4.78 is 1.73. The average Bonchev–Trinajstić information content (AvgIpc) is 3.02. The number of para-hydroxylation sites is 1. The maximum atomic E-state index is 12.2. The van der Waals surface area contributed by atoms with Crippen LogP contribution in [0.15, 0.2) is 53.7 Å². The number of phenolic OH excluding ortho intramolecular Hbond substituents is 1. The van der Waals surface area contributed by atoms with E-state index in [2.05, 4.69) is 20.8 Å². The van der Waals surface area contributed by atoms with Crippen LogP contribution in [-0.2, 0) is 16.6 Å². The Balaban J connectivity index is 1.59. The van der Waals surface area contributed by atoms with Gasteiger partial charge in [0.05, 0.1) is 11.3 Å². The van der Waals surface area contributed by atoms with E-state index >= 15 is 0 Å². The van der Waals surface area contributed by atoms with Gasteiger partial charge in [-0.3, -0.25) is 9.59 Å². The summed E-state index contributed by atoms with van der Waals surface area (Å²) >= 11 is 1.25. The topological polar surface area (TPSA) is 109 Å². The molecule has 0 saturated heterocycles. The van der Waals surface area contributed by atoms with Gasteiger partial charge < -0.3 is 20.3 Å². The molecule has 3 rings (SSSR count). The van der Waals surface area contributed by atoms with Crippen LogP contribution < -0.4 is 10.6 Å². The summed E-state index contributed by atoms with van der Waals surface area (Å²) in [5.74, 6) is 0.453. The highest BCUT2D eigenvalue weighted by molar-refractivity contribution is 7.99. The molecule has 0 saturated carbocycles. The number of hydrogen-bond donors (Lipinski definition) is 3. The van der Waals surface area contributed by atoms with Crippen molar-refractivity contribution in [1.29, 1.82) is 0 Å². The van der Waals surface area contributed by atoms with E-state index in [0.29, 0.717) is 27.9 Å². The van der Waals surface area contributed by atoms with Gasteiger partial charge in [-0.05, 0) is 36.4 Å². The summed E-state index contributed by atoms with van der Waals surface area (Å²) in [5, 5.41) is 24.2. The number of rotatable bonds is 6. The summed E-state index contributed by atoms with van der Waals surface area (Å²) in [6.45, 7) is 1.43. The number of aromatic nitrogens is 3. The minimum Gasteiger partial charge on any atom is -0.507 e. The van der Waals surface area contributed by atoms with Crippen LogP contribution in [-0.4, -0.2) is 37.4 Å². The Bertz CT molecular complexity index is 1000. The molecule has 2 amide bonds. The lowest BCUT2D eigenvalue weighted by Gasteiger charge is -2.07. The molecule has 0 aliphatic carbocycles. The van der Waals surface area contributed by atoms with Crippen molar-refractivity contribution >= 4 is 35.0 Å². The largest absolute Gasteiger partial charge is 0.507 e. The Kier molecular flexibility index (Phi) is 5.95. The minimum atomic E-state index is -0.190. The molecule has 8 nitrogen and oxygen atoms in total. The molecule has 0 aliphatic heterocycles. The van der Waals surface area contributed by atoms with Crippen molar-refractivity contribution in [3.63, 3.8) is 0 Å². The van der Waals surface area contributed by atoms with Crippen molar-refractivity contribution in [2.45, 2.75) is 12.1 Å². The second kappa shape index (κ2) is 8.57. The number of phenols is 1. The van der Waals surface area contributed by atoms with Crippen LogP contribution in [0.1, 0.15) is 6.92 Å². The molecule has 0 spiro atoms. The van der Waals surface area contributed by atoms with Gasteiger partial charge in [-0.15, -0.1) is 10.2 Å². The first-order valence-corrected chi connectivity index (χ1v) is 9.40. The van der Waals surface area contributed by atoms with E-state index in [1.54, 1.807) is 60.1 Å². The van der Waals surface area contributed by atoms with Gasteiger partial charge in [-0.2, -0.15) is 0 Å². The Morgan fingerprint density at radius 1 is 1.04 bits per heavy atom. The van der Waals surface area contributed by atoms with Crippen molar-refractivity contribution in [1.82, 2.24) is 14.8 Å². The number of nitrogens with zero attached hydrogens (tertiary/aromatic N) is 3. The molecule has 3 aromatic rings. The van der Waals surface area contributed by atoms with E-state index in [-0.39, 0.29) is 23.3 Å². The Labute approximate surface area is 166 Å². The number of benzene rings is 2. The quantitative estimate of drug-likeness (QED) is 0.552. The van der Waals surface area contributed by atoms with E-state index in [4.69, 9.17) is 0 Å². The lowest BCUT2D eigenvalue weighted by Crippen LogP contribution is -2.14. The number of amides is 2. The standard InChI is InChI=1S/C19H19N5O3S/c1-12(25)20-13-7-9-14(10-8-13)21-17(27)11-28-19-23-22-18(24(19)2)15-5-3-4-6-16(15)26/h3-10,26H,11H2,1-2H3,(H,20,25)(H,21,27). The van der Waals surface area contributed by atoms with E-state index in [1.165, 1.54) is 18.7 Å². The van der Waals surface area contributed by atoms with Crippen molar-refractivity contribution in [2.75, 3.05) is 16.4 Å². The number of carbonyl (C=O) groups excluding carboxylic acids is 2. The molecule has 0 fully saturated rings. The molecular weight excluding hydrogens is 378 g/mol. The van der Waals surface area contributed by atoms with Gasteiger partial charge in [-0.1, -0.05) is 23.9 Å². The van der Waals surface area contributed by atoms with E-state index < -0.39 is 0 Å². The molecule has 1 aromatic heterocycles. The van der Waals surface area contributed by atoms with E-state index in [1.807, 2.05) is 0 Å². The van der Waals surface area contributed by atoms with Crippen molar-refractivity contribution in [3.8, 4) is 17.1 Å². The number of aromatic hydroxyl groups is 1. The number of anilines is 2. The number of thioether (sulfide) groups is 1. The van der Waals surface area contributed by atoms with Gasteiger partial charge in [0.1, 0.15) is 5.75 Å². The highest BCUT2D eigenvalue weighted by atomic mass is 32.2. The fraction of sp³-hybridized carbons (Fsp3) is 0.158. The minimum absolute atomic E-state index is 0.120. The third-order valence-corrected chi connectivity index (χ3v) is 4.82. The number of nitrogens with one attached hydrogen (secondary N) is 2. The average molecular weight is 397 g/mol. The van der Waals surface area contributed by atoms with E-state index in [0.717, 1.165) is 0 Å². The zero-order valence-electron chi connectivity index (χ0n) is 15.3. The van der Waals surface area contributed by atoms with Gasteiger partial charge in [0.25, 0.3) is 0 Å². The fourth-order valence-corrected chi connectivity index (χ4v) is 3.22. The predicted molar refractivity (Wildman–Crippen MR) is 108 cm³/mol. The molecule has 0 aliphatic rings. The zero-order valence-corrected chi connectivity index (χ0v) is 16.2. The molecule has 2 aromatic carbocycles. The van der Waals surface area contributed by atoms with Crippen LogP contribution >= 0.6 is 11.8 Å². The molecule has 0 unspecified atom stereocenters. The summed E-state index contributed by atoms with van der Waals surface area (Å²) in [6.07, 6.45) is 0. The summed E-state index contributed by atoms with van der Waals surface area (Å²) in [4.78, 5) is 23.2. The monoisotopic (exact) mass is 397 g/mol. The fourth-order valence-electron chi connectivity index (χ4n) is 2.51. The normalized spacial score (nSPS) is 10.5. The van der Waals surface area contributed by atoms with Crippen LogP contribution in [0.3, 0.4) is 0 Å². The first-order chi connectivity index (χ1) is 13.4. The maximum Gasteiger partial charge on any atom is 0.234 e. The van der Waals surface area contributed by atoms with Crippen LogP contribution in [0, 0.1) is 0 Å². The molecule has 0 atom stereocenters. The molecular formula is C19H19N5O3S. The van der Waals surface area contributed by atoms with Crippen molar-refractivity contribution in [3.05, 3.63) is 48.5 Å². The Hall–Kier alpha value is -3.33. The SMILES string of the molecule is CC(=O)Nc1ccc(NC(=O)CSc2nnc(-c3ccccc3O)n2C)cc1. The first kappa shape index (κ1) is 19.4. The van der Waals surface area contributed by atoms with Gasteiger partial charge in [0.15, 0.2) is 11.0 Å². The van der Waals surface area contributed by atoms with Gasteiger partial charge in [-0.25, -0.2) is 0 Å². The van der Waals surface area contributed by atoms with Crippen molar-refractivity contribution in [2.24, 2.45) is 7.05 Å². The lowest BCUT2D eigenvalue weighted by molar-refractivity contribution is -0.114. The van der Waals surface area contributed by atoms with Crippen LogP contribution in [0.4, 0.5) is 11.4 Å². The second-order valence-corrected chi connectivity index (χ2v) is 6.92. The summed E-state index contributed by atoms with van der Waals surface area (Å²) in [7, 11) is 1.78. The van der Waals surface area contributed by atoms with Crippen LogP contribution in [0.25, 0.3) is 11.4 Å². The molecule has 3 N–H and O–H groups in total.